The minimum absolute atomic E-state index is 0.801. The van der Waals surface area contributed by atoms with Crippen molar-refractivity contribution in [2.24, 2.45) is 0 Å². The van der Waals surface area contributed by atoms with Crippen molar-refractivity contribution in [2.75, 3.05) is 0 Å². The molecule has 1 aromatic carbocycles. The van der Waals surface area contributed by atoms with Crippen LogP contribution in [0.15, 0.2) is 47.0 Å². The third kappa shape index (κ3) is 0.852. The van der Waals surface area contributed by atoms with Crippen LogP contribution in [0.2, 0.25) is 0 Å². The highest BCUT2D eigenvalue weighted by Gasteiger charge is 2.12. The fourth-order valence-corrected chi connectivity index (χ4v) is 2.20. The van der Waals surface area contributed by atoms with Gasteiger partial charge < -0.3 is 9.40 Å². The van der Waals surface area contributed by atoms with Gasteiger partial charge in [0.1, 0.15) is 5.58 Å². The van der Waals surface area contributed by atoms with Gasteiger partial charge in [0.25, 0.3) is 0 Å². The summed E-state index contributed by atoms with van der Waals surface area (Å²) in [5.41, 5.74) is 3.69. The van der Waals surface area contributed by atoms with E-state index in [-0.39, 0.29) is 0 Å². The van der Waals surface area contributed by atoms with Gasteiger partial charge in [0.05, 0.1) is 16.4 Å². The van der Waals surface area contributed by atoms with Crippen LogP contribution >= 0.6 is 0 Å². The Bertz CT molecular complexity index is 745. The molecule has 0 fully saturated rings. The van der Waals surface area contributed by atoms with E-state index >= 15 is 0 Å². The van der Waals surface area contributed by atoms with Gasteiger partial charge in [0.2, 0.25) is 5.71 Å². The summed E-state index contributed by atoms with van der Waals surface area (Å²) < 4.78 is 5.74. The number of rotatable bonds is 0. The molecule has 16 heavy (non-hydrogen) atoms. The average Bonchev–Trinajstić information content (AvgIpc) is 2.83. The Morgan fingerprint density at radius 3 is 3.00 bits per heavy atom. The first-order chi connectivity index (χ1) is 7.93. The van der Waals surface area contributed by atoms with Crippen LogP contribution in [0.5, 0.6) is 0 Å². The van der Waals surface area contributed by atoms with Gasteiger partial charge in [-0.3, -0.25) is 4.98 Å². The molecule has 0 saturated heterocycles. The zero-order valence-electron chi connectivity index (χ0n) is 8.40. The number of nitrogens with one attached hydrogen (secondary N) is 1. The largest absolute Gasteiger partial charge is 0.440 e. The lowest BCUT2D eigenvalue weighted by atomic mass is 10.2. The second-order valence-electron chi connectivity index (χ2n) is 3.83. The van der Waals surface area contributed by atoms with Crippen molar-refractivity contribution in [3.63, 3.8) is 0 Å². The fraction of sp³-hybridized carbons (Fsp3) is 0. The molecule has 0 amide bonds. The molecule has 0 bridgehead atoms. The van der Waals surface area contributed by atoms with Gasteiger partial charge in [-0.1, -0.05) is 18.2 Å². The van der Waals surface area contributed by atoms with Crippen molar-refractivity contribution in [1.29, 1.82) is 0 Å². The maximum atomic E-state index is 5.74. The molecule has 0 aliphatic rings. The third-order valence-corrected chi connectivity index (χ3v) is 2.89. The van der Waals surface area contributed by atoms with Crippen LogP contribution in [-0.2, 0) is 0 Å². The van der Waals surface area contributed by atoms with E-state index < -0.39 is 0 Å². The molecule has 0 aliphatic heterocycles. The summed E-state index contributed by atoms with van der Waals surface area (Å²) in [5, 5.41) is 2.19. The van der Waals surface area contributed by atoms with Crippen LogP contribution in [0, 0.1) is 0 Å². The fourth-order valence-electron chi connectivity index (χ4n) is 2.20. The van der Waals surface area contributed by atoms with Gasteiger partial charge in [-0.15, -0.1) is 0 Å². The number of pyridine rings is 1. The predicted octanol–water partition coefficient (Wildman–Crippen LogP) is 3.46. The number of hydrogen-bond acceptors (Lipinski definition) is 2. The number of H-pyrrole nitrogens is 1. The Labute approximate surface area is 90.7 Å². The van der Waals surface area contributed by atoms with Crippen LogP contribution in [-0.4, -0.2) is 9.97 Å². The Morgan fingerprint density at radius 1 is 1.06 bits per heavy atom. The van der Waals surface area contributed by atoms with Crippen LogP contribution in [0.4, 0.5) is 0 Å². The number of fused-ring (bicyclic) bond motifs is 5. The summed E-state index contributed by atoms with van der Waals surface area (Å²) in [6.07, 6.45) is 1.80. The number of aromatic nitrogens is 2. The van der Waals surface area contributed by atoms with Crippen molar-refractivity contribution < 1.29 is 4.42 Å². The van der Waals surface area contributed by atoms with Crippen LogP contribution in [0.3, 0.4) is 0 Å². The minimum Gasteiger partial charge on any atom is -0.440 e. The SMILES string of the molecule is c1cnc2c(c1)[nH]c1oc3ccccc3c12. The maximum Gasteiger partial charge on any atom is 0.208 e. The molecule has 0 radical (unpaired) electrons. The first-order valence-electron chi connectivity index (χ1n) is 5.17. The lowest BCUT2D eigenvalue weighted by Gasteiger charge is -1.89. The Balaban J connectivity index is 2.38. The summed E-state index contributed by atoms with van der Waals surface area (Å²) >= 11 is 0. The van der Waals surface area contributed by atoms with Gasteiger partial charge in [0.15, 0.2) is 0 Å². The first kappa shape index (κ1) is 7.93. The number of furan rings is 1. The molecular weight excluding hydrogens is 200 g/mol. The molecule has 3 nitrogen and oxygen atoms in total. The van der Waals surface area contributed by atoms with E-state index in [2.05, 4.69) is 16.0 Å². The highest BCUT2D eigenvalue weighted by molar-refractivity contribution is 6.17. The number of benzene rings is 1. The van der Waals surface area contributed by atoms with Gasteiger partial charge in [-0.05, 0) is 18.2 Å². The van der Waals surface area contributed by atoms with Gasteiger partial charge >= 0.3 is 0 Å². The summed E-state index contributed by atoms with van der Waals surface area (Å²) in [7, 11) is 0. The lowest BCUT2D eigenvalue weighted by Crippen LogP contribution is -1.72. The normalized spacial score (nSPS) is 11.8. The van der Waals surface area contributed by atoms with E-state index in [0.29, 0.717) is 0 Å². The van der Waals surface area contributed by atoms with Crippen LogP contribution in [0.25, 0.3) is 33.1 Å². The van der Waals surface area contributed by atoms with Crippen molar-refractivity contribution in [1.82, 2.24) is 9.97 Å². The Morgan fingerprint density at radius 2 is 2.00 bits per heavy atom. The quantitative estimate of drug-likeness (QED) is 0.480. The second-order valence-corrected chi connectivity index (χ2v) is 3.83. The van der Waals surface area contributed by atoms with Crippen molar-refractivity contribution in [3.8, 4) is 0 Å². The number of nitrogens with zero attached hydrogens (tertiary/aromatic N) is 1. The Kier molecular flexibility index (Phi) is 1.31. The number of aromatic amines is 1. The summed E-state index contributed by atoms with van der Waals surface area (Å²) in [4.78, 5) is 7.64. The Hall–Kier alpha value is -2.29. The molecule has 76 valence electrons. The molecule has 3 aromatic heterocycles. The molecule has 4 aromatic rings. The molecule has 0 aliphatic carbocycles. The van der Waals surface area contributed by atoms with Gasteiger partial charge in [-0.2, -0.15) is 0 Å². The predicted molar refractivity (Wildman–Crippen MR) is 63.4 cm³/mol. The molecule has 3 heterocycles. The van der Waals surface area contributed by atoms with E-state index in [1.54, 1.807) is 6.20 Å². The highest BCUT2D eigenvalue weighted by atomic mass is 16.3. The molecular formula is C13H8N2O. The summed E-state index contributed by atoms with van der Waals surface area (Å²) in [6.45, 7) is 0. The van der Waals surface area contributed by atoms with Crippen LogP contribution < -0.4 is 0 Å². The first-order valence-corrected chi connectivity index (χ1v) is 5.17. The standard InChI is InChI=1S/C13H8N2O/c1-2-6-10-8(4-1)11-12-9(5-3-7-14-12)15-13(11)16-10/h1-7,15H. The van der Waals surface area contributed by atoms with E-state index in [0.717, 1.165) is 33.1 Å². The van der Waals surface area contributed by atoms with E-state index in [1.807, 2.05) is 30.3 Å². The van der Waals surface area contributed by atoms with Gasteiger partial charge in [-0.25, -0.2) is 0 Å². The minimum atomic E-state index is 0.801. The summed E-state index contributed by atoms with van der Waals surface area (Å²) in [6, 6.07) is 11.9. The molecule has 0 atom stereocenters. The highest BCUT2D eigenvalue weighted by Crippen LogP contribution is 2.32. The molecule has 0 spiro atoms. The number of para-hydroxylation sites is 1. The second kappa shape index (κ2) is 2.64. The monoisotopic (exact) mass is 208 g/mol. The zero-order valence-corrected chi connectivity index (χ0v) is 8.40. The topological polar surface area (TPSA) is 41.8 Å². The molecule has 0 unspecified atom stereocenters. The van der Waals surface area contributed by atoms with E-state index in [1.165, 1.54) is 0 Å². The van der Waals surface area contributed by atoms with Crippen LogP contribution in [0.1, 0.15) is 0 Å². The maximum absolute atomic E-state index is 5.74. The lowest BCUT2D eigenvalue weighted by molar-refractivity contribution is 0.657. The molecule has 0 saturated carbocycles. The van der Waals surface area contributed by atoms with E-state index in [4.69, 9.17) is 4.42 Å². The number of hydrogen-bond donors (Lipinski definition) is 1. The van der Waals surface area contributed by atoms with Crippen molar-refractivity contribution >= 4 is 33.1 Å². The van der Waals surface area contributed by atoms with Gasteiger partial charge in [0, 0.05) is 11.6 Å². The van der Waals surface area contributed by atoms with Crippen molar-refractivity contribution in [2.45, 2.75) is 0 Å². The molecule has 4 rings (SSSR count). The molecule has 1 N–H and O–H groups in total. The smallest absolute Gasteiger partial charge is 0.208 e. The zero-order chi connectivity index (χ0) is 10.5. The summed E-state index contributed by atoms with van der Waals surface area (Å²) in [5.74, 6) is 0. The molecule has 3 heteroatoms. The van der Waals surface area contributed by atoms with Crippen molar-refractivity contribution in [3.05, 3.63) is 42.6 Å². The third-order valence-electron chi connectivity index (χ3n) is 2.89. The average molecular weight is 208 g/mol. The van der Waals surface area contributed by atoms with E-state index in [9.17, 15) is 0 Å².